The van der Waals surface area contributed by atoms with Crippen molar-refractivity contribution in [3.63, 3.8) is 0 Å². The van der Waals surface area contributed by atoms with Crippen molar-refractivity contribution in [2.75, 3.05) is 12.3 Å². The maximum absolute atomic E-state index is 11.8. The van der Waals surface area contributed by atoms with Crippen LogP contribution in [0, 0.1) is 81.2 Å². The Hall–Kier alpha value is -4.53. The Morgan fingerprint density at radius 2 is 0.406 bits per heavy atom. The van der Waals surface area contributed by atoms with Gasteiger partial charge in [0, 0.05) is 76.7 Å². The second kappa shape index (κ2) is 59.9. The molecule has 0 bridgehead atoms. The summed E-state index contributed by atoms with van der Waals surface area (Å²) in [5.74, 6) is -0.103. The smallest absolute Gasteiger partial charge is 0.220 e. The van der Waals surface area contributed by atoms with Gasteiger partial charge in [0.25, 0.3) is 0 Å². The Morgan fingerprint density at radius 3 is 0.602 bits per heavy atom. The molecule has 0 spiro atoms. The first-order chi connectivity index (χ1) is 59.5. The number of aryl methyl sites for hydroxylation is 5. The van der Waals surface area contributed by atoms with Crippen LogP contribution in [0.4, 0.5) is 0 Å². The highest BCUT2D eigenvalue weighted by molar-refractivity contribution is 7.92. The first kappa shape index (κ1) is 133. The Labute approximate surface area is 830 Å². The van der Waals surface area contributed by atoms with Crippen LogP contribution in [0.25, 0.3) is 0 Å². The van der Waals surface area contributed by atoms with Gasteiger partial charge in [0.15, 0.2) is 9.84 Å². The molecule has 5 aromatic heterocycles. The fraction of sp³-hybridized carbons (Fsp3) is 0.864. The number of nitrogens with zero attached hydrogens (tertiary/aromatic N) is 10. The van der Waals surface area contributed by atoms with E-state index >= 15 is 0 Å². The molecule has 0 aliphatic rings. The monoisotopic (exact) mass is 1880 g/mol. The number of hydrogen-bond acceptors (Lipinski definition) is 8. The Bertz CT molecular complexity index is 3740. The minimum Gasteiger partial charge on any atom is -0.355 e. The summed E-state index contributed by atoms with van der Waals surface area (Å²) in [5, 5.41) is 24.9. The number of aromatic nitrogens is 10. The van der Waals surface area contributed by atoms with Gasteiger partial charge >= 0.3 is 0 Å². The highest BCUT2D eigenvalue weighted by Gasteiger charge is 2.29. The SMILES string of the molecule is CC(C)(C)CC(=O)NCCS(=O)(=O)C(C)(C)C.CC(C)(C)CCCC(C)(C)C.CC(C)(C)CCCCCCC(C)(C)C.CC(C)(C)CCCCCCn1cc(CC(C)(C)C)cn1.CC(C)(C)CCCCCn1cc(CC(C)(C)C)cn1.CC(C)(C)CCCCn1cc(CC(C)(C)C)cn1.CC(C)(C)CCCn1cc(CC(C)(C)C)cn1.CC(C)(C)CCCn1cc(CC(C)(C)C)cn1. The van der Waals surface area contributed by atoms with Crippen molar-refractivity contribution in [1.29, 1.82) is 0 Å². The number of rotatable bonds is 37. The normalized spacial score (nSPS) is 13.1. The molecule has 133 heavy (non-hydrogen) atoms. The summed E-state index contributed by atoms with van der Waals surface area (Å²) in [4.78, 5) is 11.5. The molecule has 5 rings (SSSR count). The van der Waals surface area contributed by atoms with Crippen LogP contribution in [-0.2, 0) is 79.5 Å². The van der Waals surface area contributed by atoms with Gasteiger partial charge in [-0.15, -0.1) is 0 Å². The fourth-order valence-corrected chi connectivity index (χ4v) is 16.0. The number of sulfone groups is 1. The summed E-state index contributed by atoms with van der Waals surface area (Å²) in [7, 11) is -3.15. The Morgan fingerprint density at radius 1 is 0.233 bits per heavy atom. The summed E-state index contributed by atoms with van der Waals surface area (Å²) in [6.07, 6.45) is 60.2. The molecular weight excluding hydrogens is 1650 g/mol. The molecule has 0 atom stereocenters. The van der Waals surface area contributed by atoms with Gasteiger partial charge in [0.1, 0.15) is 0 Å². The van der Waals surface area contributed by atoms with Crippen molar-refractivity contribution in [1.82, 2.24) is 54.2 Å². The number of carbonyl (C=O) groups is 1. The zero-order valence-electron chi connectivity index (χ0n) is 98.2. The molecule has 0 aromatic carbocycles. The first-order valence-corrected chi connectivity index (χ1v) is 54.8. The molecule has 0 unspecified atom stereocenters. The van der Waals surface area contributed by atoms with Gasteiger partial charge in [-0.05, 0) is 252 Å². The summed E-state index contributed by atoms with van der Waals surface area (Å²) in [6.45, 7) is 113. The van der Waals surface area contributed by atoms with E-state index in [0.29, 0.717) is 82.2 Å². The van der Waals surface area contributed by atoms with E-state index in [2.05, 4.69) is 376 Å². The molecule has 0 saturated carbocycles. The third-order valence-corrected chi connectivity index (χ3v) is 24.6. The molecule has 0 radical (unpaired) electrons. The van der Waals surface area contributed by atoms with Crippen molar-refractivity contribution >= 4 is 15.7 Å². The fourth-order valence-electron chi connectivity index (χ4n) is 15.0. The quantitative estimate of drug-likeness (QED) is 0.0386. The van der Waals surface area contributed by atoms with E-state index in [0.717, 1.165) is 64.8 Å². The van der Waals surface area contributed by atoms with Gasteiger partial charge in [0.05, 0.1) is 41.5 Å². The predicted molar refractivity (Wildman–Crippen MR) is 588 cm³/mol. The maximum Gasteiger partial charge on any atom is 0.220 e. The van der Waals surface area contributed by atoms with E-state index in [1.54, 1.807) is 20.8 Å². The van der Waals surface area contributed by atoms with Crippen LogP contribution in [0.1, 0.15) is 527 Å². The van der Waals surface area contributed by atoms with Gasteiger partial charge in [-0.3, -0.25) is 28.2 Å². The van der Waals surface area contributed by atoms with E-state index in [4.69, 9.17) is 0 Å². The molecule has 0 aliphatic heterocycles. The highest BCUT2D eigenvalue weighted by Crippen LogP contribution is 2.33. The second-order valence-electron chi connectivity index (χ2n) is 59.2. The van der Waals surface area contributed by atoms with Crippen molar-refractivity contribution in [3.05, 3.63) is 89.8 Å². The molecule has 0 aliphatic carbocycles. The van der Waals surface area contributed by atoms with Crippen LogP contribution in [-0.4, -0.2) is 80.3 Å². The zero-order valence-corrected chi connectivity index (χ0v) is 99.1. The van der Waals surface area contributed by atoms with E-state index in [1.165, 1.54) is 188 Å². The lowest BCUT2D eigenvalue weighted by Gasteiger charge is -2.22. The minimum absolute atomic E-state index is 0.00756. The van der Waals surface area contributed by atoms with E-state index in [9.17, 15) is 13.2 Å². The average molecular weight is 1880 g/mol. The Kier molecular flexibility index (Phi) is 59.7. The van der Waals surface area contributed by atoms with Gasteiger partial charge in [-0.1, -0.05) is 382 Å². The van der Waals surface area contributed by atoms with E-state index in [1.807, 2.05) is 51.8 Å². The van der Waals surface area contributed by atoms with Crippen LogP contribution in [0.15, 0.2) is 62.0 Å². The summed E-state index contributed by atoms with van der Waals surface area (Å²) in [6, 6.07) is 0. The molecule has 14 nitrogen and oxygen atoms in total. The molecule has 0 saturated heterocycles. The highest BCUT2D eigenvalue weighted by atomic mass is 32.2. The van der Waals surface area contributed by atoms with Crippen LogP contribution < -0.4 is 5.32 Å². The topological polar surface area (TPSA) is 152 Å². The third-order valence-electron chi connectivity index (χ3n) is 21.9. The van der Waals surface area contributed by atoms with Crippen LogP contribution in [0.2, 0.25) is 0 Å². The van der Waals surface area contributed by atoms with Gasteiger partial charge < -0.3 is 5.32 Å². The van der Waals surface area contributed by atoms with Crippen molar-refractivity contribution < 1.29 is 13.2 Å². The Balaban J connectivity index is -0.00000146. The zero-order chi connectivity index (χ0) is 104. The standard InChI is InChI=1S/C18H34N2.C17H32N2.C16H30N2.2C15H28N2.C14H30.C12H25NO3S.C11H24/c1-17(2,3)11-9-7-8-10-12-20-15-16(14-19-20)13-18(4,5)6;1-16(2,3)10-8-7-9-11-19-14-15(13-18-19)12-17(4,5)6;1-15(2,3)9-7-8-10-18-13-14(12-17-18)11-16(4,5)6;2*1-14(2,3)8-7-9-17-12-13(11-16-17)10-15(4,5)6;1-13(2,3)11-9-7-8-10-12-14(4,5)6;1-11(2,3)9-10(14)13-7-8-17(15,16)12(4,5)6;1-10(2,3)8-7-9-11(4,5)6/h14-15H,7-13H2,1-6H3;13-14H,7-12H2,1-6H3;12-13H,7-11H2,1-6H3;2*11-12H,7-10H2,1-6H3;7-12H2,1-6H3;7-9H2,1-6H3,(H,13,14);7-9H2,1-6H3. The molecular formula is C118H231N11O3S. The van der Waals surface area contributed by atoms with Gasteiger partial charge in [-0.25, -0.2) is 8.42 Å². The number of nitrogens with one attached hydrogen (secondary N) is 1. The molecule has 15 heteroatoms. The average Bonchev–Trinajstić information content (AvgIpc) is 1.75. The lowest BCUT2D eigenvalue weighted by Crippen LogP contribution is -2.37. The van der Waals surface area contributed by atoms with Gasteiger partial charge in [-0.2, -0.15) is 25.5 Å². The third kappa shape index (κ3) is 93.5. The lowest BCUT2D eigenvalue weighted by atomic mass is 9.84. The summed E-state index contributed by atoms with van der Waals surface area (Å²) in [5.41, 5.74) is 12.9. The lowest BCUT2D eigenvalue weighted by molar-refractivity contribution is -0.122. The molecule has 782 valence electrons. The van der Waals surface area contributed by atoms with E-state index < -0.39 is 14.6 Å². The molecule has 0 fully saturated rings. The predicted octanol–water partition coefficient (Wildman–Crippen LogP) is 35.3. The van der Waals surface area contributed by atoms with Crippen LogP contribution >= 0.6 is 0 Å². The summed E-state index contributed by atoms with van der Waals surface area (Å²) < 4.78 is 33.3. The van der Waals surface area contributed by atoms with Crippen molar-refractivity contribution in [3.8, 4) is 0 Å². The van der Waals surface area contributed by atoms with Crippen LogP contribution in [0.5, 0.6) is 0 Å². The number of amides is 1. The number of hydrogen-bond donors (Lipinski definition) is 1. The maximum atomic E-state index is 11.8. The second-order valence-corrected chi connectivity index (χ2v) is 62.1. The first-order valence-electron chi connectivity index (χ1n) is 53.1. The largest absolute Gasteiger partial charge is 0.355 e. The van der Waals surface area contributed by atoms with Crippen LogP contribution in [0.3, 0.4) is 0 Å². The van der Waals surface area contributed by atoms with Gasteiger partial charge in [0.2, 0.25) is 5.91 Å². The number of carbonyl (C=O) groups excluding carboxylic acids is 1. The molecule has 5 heterocycles. The van der Waals surface area contributed by atoms with Crippen molar-refractivity contribution in [2.24, 2.45) is 81.2 Å². The molecule has 1 N–H and O–H groups in total. The number of unbranched alkanes of at least 4 members (excludes halogenated alkanes) is 9. The van der Waals surface area contributed by atoms with E-state index in [-0.39, 0.29) is 23.6 Å². The summed E-state index contributed by atoms with van der Waals surface area (Å²) >= 11 is 0. The minimum atomic E-state index is -3.15. The molecule has 5 aromatic rings. The van der Waals surface area contributed by atoms with Crippen molar-refractivity contribution in [2.45, 2.75) is 569 Å². The molecule has 1 amide bonds.